The van der Waals surface area contributed by atoms with E-state index < -0.39 is 0 Å². The van der Waals surface area contributed by atoms with Crippen LogP contribution in [0, 0.1) is 0 Å². The van der Waals surface area contributed by atoms with Crippen molar-refractivity contribution in [2.24, 2.45) is 0 Å². The van der Waals surface area contributed by atoms with E-state index in [-0.39, 0.29) is 0 Å². The van der Waals surface area contributed by atoms with Crippen molar-refractivity contribution in [3.05, 3.63) is 29.3 Å². The maximum atomic E-state index is 3.84. The number of anilines is 1. The molecule has 1 fully saturated rings. The Balaban J connectivity index is 1.61. The second kappa shape index (κ2) is 6.62. The van der Waals surface area contributed by atoms with Crippen LogP contribution in [0.4, 0.5) is 5.69 Å². The first-order valence-corrected chi connectivity index (χ1v) is 8.46. The lowest BCUT2D eigenvalue weighted by Gasteiger charge is -2.33. The van der Waals surface area contributed by atoms with E-state index in [2.05, 4.69) is 35.3 Å². The SMILES string of the molecule is CCCN1CCC(Nc2cccc3c2CCCC3)CC1. The third-order valence-corrected chi connectivity index (χ3v) is 4.88. The molecule has 3 rings (SSSR count). The first kappa shape index (κ1) is 13.9. The van der Waals surface area contributed by atoms with Crippen LogP contribution in [0.1, 0.15) is 50.2 Å². The number of nitrogens with one attached hydrogen (secondary N) is 1. The zero-order chi connectivity index (χ0) is 13.8. The maximum Gasteiger partial charge on any atom is 0.0377 e. The van der Waals surface area contributed by atoms with Gasteiger partial charge in [-0.3, -0.25) is 0 Å². The molecule has 0 aromatic heterocycles. The fourth-order valence-corrected chi connectivity index (χ4v) is 3.75. The van der Waals surface area contributed by atoms with Gasteiger partial charge in [-0.1, -0.05) is 19.1 Å². The lowest BCUT2D eigenvalue weighted by atomic mass is 9.90. The summed E-state index contributed by atoms with van der Waals surface area (Å²) in [6.07, 6.45) is 9.15. The number of fused-ring (bicyclic) bond motifs is 1. The molecule has 0 atom stereocenters. The molecule has 1 aliphatic carbocycles. The number of benzene rings is 1. The molecule has 0 saturated carbocycles. The minimum atomic E-state index is 0.677. The van der Waals surface area contributed by atoms with Gasteiger partial charge in [-0.05, 0) is 68.7 Å². The molecule has 0 radical (unpaired) electrons. The zero-order valence-electron chi connectivity index (χ0n) is 12.8. The molecule has 20 heavy (non-hydrogen) atoms. The van der Waals surface area contributed by atoms with Crippen molar-refractivity contribution in [1.29, 1.82) is 0 Å². The standard InChI is InChI=1S/C18H28N2/c1-2-12-20-13-10-16(11-14-20)19-18-9-5-7-15-6-3-4-8-17(15)18/h5,7,9,16,19H,2-4,6,8,10-14H2,1H3. The highest BCUT2D eigenvalue weighted by molar-refractivity contribution is 5.56. The van der Waals surface area contributed by atoms with E-state index in [1.54, 1.807) is 11.1 Å². The van der Waals surface area contributed by atoms with Crippen molar-refractivity contribution >= 4 is 5.69 Å². The fourth-order valence-electron chi connectivity index (χ4n) is 3.75. The van der Waals surface area contributed by atoms with Gasteiger partial charge in [-0.25, -0.2) is 0 Å². The molecule has 1 heterocycles. The van der Waals surface area contributed by atoms with Gasteiger partial charge in [0.25, 0.3) is 0 Å². The summed E-state index contributed by atoms with van der Waals surface area (Å²) >= 11 is 0. The van der Waals surface area contributed by atoms with E-state index in [1.165, 1.54) is 70.3 Å². The van der Waals surface area contributed by atoms with Gasteiger partial charge in [0.15, 0.2) is 0 Å². The molecule has 0 bridgehead atoms. The van der Waals surface area contributed by atoms with Crippen molar-refractivity contribution in [3.63, 3.8) is 0 Å². The van der Waals surface area contributed by atoms with Gasteiger partial charge in [0, 0.05) is 24.8 Å². The minimum Gasteiger partial charge on any atom is -0.382 e. The molecular weight excluding hydrogens is 244 g/mol. The van der Waals surface area contributed by atoms with Crippen LogP contribution in [-0.2, 0) is 12.8 Å². The average molecular weight is 272 g/mol. The number of hydrogen-bond donors (Lipinski definition) is 1. The van der Waals surface area contributed by atoms with Crippen LogP contribution in [0.2, 0.25) is 0 Å². The van der Waals surface area contributed by atoms with E-state index in [0.29, 0.717) is 6.04 Å². The summed E-state index contributed by atoms with van der Waals surface area (Å²) in [5.74, 6) is 0. The first-order valence-electron chi connectivity index (χ1n) is 8.46. The van der Waals surface area contributed by atoms with Crippen molar-refractivity contribution in [3.8, 4) is 0 Å². The number of likely N-dealkylation sites (tertiary alicyclic amines) is 1. The van der Waals surface area contributed by atoms with Crippen LogP contribution in [0.5, 0.6) is 0 Å². The molecule has 0 spiro atoms. The normalized spacial score (nSPS) is 20.6. The Morgan fingerprint density at radius 3 is 2.75 bits per heavy atom. The molecule has 1 saturated heterocycles. The van der Waals surface area contributed by atoms with Crippen molar-refractivity contribution in [1.82, 2.24) is 4.90 Å². The summed E-state index contributed by atoms with van der Waals surface area (Å²) in [5, 5.41) is 3.84. The average Bonchev–Trinajstić information content (AvgIpc) is 2.50. The molecule has 1 aromatic carbocycles. The van der Waals surface area contributed by atoms with Crippen LogP contribution in [0.25, 0.3) is 0 Å². The molecular formula is C18H28N2. The van der Waals surface area contributed by atoms with E-state index in [1.807, 2.05) is 0 Å². The third kappa shape index (κ3) is 3.17. The number of nitrogens with zero attached hydrogens (tertiary/aromatic N) is 1. The highest BCUT2D eigenvalue weighted by Gasteiger charge is 2.20. The van der Waals surface area contributed by atoms with Gasteiger partial charge in [-0.15, -0.1) is 0 Å². The van der Waals surface area contributed by atoms with Crippen LogP contribution in [0.15, 0.2) is 18.2 Å². The Labute approximate surface area is 123 Å². The van der Waals surface area contributed by atoms with E-state index in [0.717, 1.165) is 0 Å². The van der Waals surface area contributed by atoms with Gasteiger partial charge >= 0.3 is 0 Å². The summed E-state index contributed by atoms with van der Waals surface area (Å²) in [6, 6.07) is 7.53. The predicted octanol–water partition coefficient (Wildman–Crippen LogP) is 3.85. The highest BCUT2D eigenvalue weighted by atomic mass is 15.1. The number of aryl methyl sites for hydroxylation is 1. The number of hydrogen-bond acceptors (Lipinski definition) is 2. The molecule has 0 unspecified atom stereocenters. The Bertz CT molecular complexity index is 433. The smallest absolute Gasteiger partial charge is 0.0377 e. The molecule has 2 nitrogen and oxygen atoms in total. The summed E-state index contributed by atoms with van der Waals surface area (Å²) in [6.45, 7) is 6.08. The zero-order valence-corrected chi connectivity index (χ0v) is 12.8. The first-order chi connectivity index (χ1) is 9.86. The second-order valence-corrected chi connectivity index (χ2v) is 6.41. The van der Waals surface area contributed by atoms with E-state index >= 15 is 0 Å². The Morgan fingerprint density at radius 1 is 1.15 bits per heavy atom. The van der Waals surface area contributed by atoms with Crippen molar-refractivity contribution in [2.45, 2.75) is 57.9 Å². The predicted molar refractivity (Wildman–Crippen MR) is 86.5 cm³/mol. The van der Waals surface area contributed by atoms with Crippen LogP contribution in [-0.4, -0.2) is 30.6 Å². The molecule has 110 valence electrons. The van der Waals surface area contributed by atoms with E-state index in [4.69, 9.17) is 0 Å². The van der Waals surface area contributed by atoms with Gasteiger partial charge < -0.3 is 10.2 Å². The molecule has 0 amide bonds. The van der Waals surface area contributed by atoms with Crippen molar-refractivity contribution < 1.29 is 0 Å². The molecule has 2 aliphatic rings. The van der Waals surface area contributed by atoms with Crippen LogP contribution < -0.4 is 5.32 Å². The topological polar surface area (TPSA) is 15.3 Å². The molecule has 1 aliphatic heterocycles. The van der Waals surface area contributed by atoms with Gasteiger partial charge in [0.05, 0.1) is 0 Å². The monoisotopic (exact) mass is 272 g/mol. The second-order valence-electron chi connectivity index (χ2n) is 6.41. The van der Waals surface area contributed by atoms with Crippen LogP contribution in [0.3, 0.4) is 0 Å². The quantitative estimate of drug-likeness (QED) is 0.895. The molecule has 1 N–H and O–H groups in total. The number of piperidine rings is 1. The minimum absolute atomic E-state index is 0.677. The van der Waals surface area contributed by atoms with Crippen LogP contribution >= 0.6 is 0 Å². The maximum absolute atomic E-state index is 3.84. The fraction of sp³-hybridized carbons (Fsp3) is 0.667. The third-order valence-electron chi connectivity index (χ3n) is 4.88. The van der Waals surface area contributed by atoms with Crippen molar-refractivity contribution in [2.75, 3.05) is 25.0 Å². The summed E-state index contributed by atoms with van der Waals surface area (Å²) in [4.78, 5) is 2.61. The van der Waals surface area contributed by atoms with Gasteiger partial charge in [0.1, 0.15) is 0 Å². The van der Waals surface area contributed by atoms with E-state index in [9.17, 15) is 0 Å². The molecule has 2 heteroatoms. The van der Waals surface area contributed by atoms with Gasteiger partial charge in [0.2, 0.25) is 0 Å². The Morgan fingerprint density at radius 2 is 1.95 bits per heavy atom. The molecule has 1 aromatic rings. The summed E-state index contributed by atoms with van der Waals surface area (Å²) in [5.41, 5.74) is 4.62. The highest BCUT2D eigenvalue weighted by Crippen LogP contribution is 2.29. The van der Waals surface area contributed by atoms with Gasteiger partial charge in [-0.2, -0.15) is 0 Å². The summed E-state index contributed by atoms with van der Waals surface area (Å²) in [7, 11) is 0. The Hall–Kier alpha value is -1.02. The lowest BCUT2D eigenvalue weighted by Crippen LogP contribution is -2.39. The number of rotatable bonds is 4. The lowest BCUT2D eigenvalue weighted by molar-refractivity contribution is 0.219. The Kier molecular flexibility index (Phi) is 4.62. The largest absolute Gasteiger partial charge is 0.382 e. The summed E-state index contributed by atoms with van der Waals surface area (Å²) < 4.78 is 0.